The summed E-state index contributed by atoms with van der Waals surface area (Å²) >= 11 is 0. The third-order valence-electron chi connectivity index (χ3n) is 7.13. The molecule has 0 atom stereocenters. The average molecular weight is 505 g/mol. The second kappa shape index (κ2) is 9.27. The molecule has 0 fully saturated rings. The van der Waals surface area contributed by atoms with Crippen LogP contribution in [-0.2, 0) is 14.1 Å². The van der Waals surface area contributed by atoms with E-state index in [0.29, 0.717) is 0 Å². The van der Waals surface area contributed by atoms with E-state index in [0.717, 1.165) is 0 Å². The lowest BCUT2D eigenvalue weighted by atomic mass is 10.0. The van der Waals surface area contributed by atoms with Crippen LogP contribution in [0.2, 0.25) is 0 Å². The molecule has 2 heterocycles. The Balaban J connectivity index is 1.53. The summed E-state index contributed by atoms with van der Waals surface area (Å²) in [6.07, 6.45) is 0. The largest absolute Gasteiger partial charge is 0.338 e. The zero-order chi connectivity index (χ0) is 24.8. The first-order valence-corrected chi connectivity index (χ1v) is 14.3. The fraction of sp³-hybridized carbons (Fsp3) is 0.125. The van der Waals surface area contributed by atoms with Gasteiger partial charge in [-0.25, -0.2) is 0 Å². The number of rotatable bonds is 5. The van der Waals surface area contributed by atoms with Crippen molar-refractivity contribution in [2.45, 2.75) is 23.9 Å². The Hall–Kier alpha value is -3.34. The highest BCUT2D eigenvalue weighted by Crippen LogP contribution is 2.51. The maximum atomic E-state index is 2.35. The van der Waals surface area contributed by atoms with Crippen molar-refractivity contribution in [1.82, 2.24) is 9.13 Å². The van der Waals surface area contributed by atoms with E-state index in [4.69, 9.17) is 0 Å². The molecule has 6 aromatic rings. The molecule has 36 heavy (non-hydrogen) atoms. The van der Waals surface area contributed by atoms with E-state index in [9.17, 15) is 0 Å². The summed E-state index contributed by atoms with van der Waals surface area (Å²) in [4.78, 5) is 0. The molecule has 0 amide bonds. The van der Waals surface area contributed by atoms with E-state index in [1.807, 2.05) is 21.6 Å². The molecule has 2 nitrogen and oxygen atoms in total. The quantitative estimate of drug-likeness (QED) is 0.216. The second-order valence-electron chi connectivity index (χ2n) is 9.31. The van der Waals surface area contributed by atoms with Crippen LogP contribution >= 0.6 is 21.6 Å². The third kappa shape index (κ3) is 3.68. The Kier molecular flexibility index (Phi) is 5.94. The minimum Gasteiger partial charge on any atom is -0.338 e. The first-order valence-electron chi connectivity index (χ1n) is 12.2. The van der Waals surface area contributed by atoms with Gasteiger partial charge in [-0.15, -0.1) is 0 Å². The minimum atomic E-state index is 1.26. The predicted molar refractivity (Wildman–Crippen MR) is 158 cm³/mol. The highest BCUT2D eigenvalue weighted by molar-refractivity contribution is 8.76. The monoisotopic (exact) mass is 504 g/mol. The molecular formula is C32H28N2S2. The summed E-state index contributed by atoms with van der Waals surface area (Å²) in [5, 5.41) is 5.15. The highest BCUT2D eigenvalue weighted by atomic mass is 33.1. The maximum Gasteiger partial charge on any atom is 0.0947 e. The van der Waals surface area contributed by atoms with E-state index >= 15 is 0 Å². The molecule has 0 aliphatic rings. The zero-order valence-corrected chi connectivity index (χ0v) is 22.6. The molecule has 0 N–H and O–H groups in total. The molecule has 4 aromatic carbocycles. The Bertz CT molecular complexity index is 1610. The first kappa shape index (κ1) is 23.1. The number of hydrogen-bond donors (Lipinski definition) is 0. The Morgan fingerprint density at radius 3 is 1.25 bits per heavy atom. The van der Waals surface area contributed by atoms with Crippen LogP contribution < -0.4 is 0 Å². The molecule has 0 bridgehead atoms. The van der Waals surface area contributed by atoms with Crippen molar-refractivity contribution >= 4 is 43.4 Å². The topological polar surface area (TPSA) is 9.86 Å². The highest BCUT2D eigenvalue weighted by Gasteiger charge is 2.22. The summed E-state index contributed by atoms with van der Waals surface area (Å²) in [7, 11) is 8.10. The molecule has 0 saturated carbocycles. The van der Waals surface area contributed by atoms with Gasteiger partial charge in [0.1, 0.15) is 0 Å². The smallest absolute Gasteiger partial charge is 0.0947 e. The van der Waals surface area contributed by atoms with Gasteiger partial charge in [0, 0.05) is 47.0 Å². The van der Waals surface area contributed by atoms with E-state index in [2.05, 4.69) is 134 Å². The zero-order valence-electron chi connectivity index (χ0n) is 20.9. The number of para-hydroxylation sites is 2. The van der Waals surface area contributed by atoms with E-state index in [1.54, 1.807) is 0 Å². The Morgan fingerprint density at radius 1 is 0.472 bits per heavy atom. The lowest BCUT2D eigenvalue weighted by molar-refractivity contribution is 0.863. The van der Waals surface area contributed by atoms with Crippen LogP contribution in [0.25, 0.3) is 44.1 Å². The van der Waals surface area contributed by atoms with Gasteiger partial charge in [0.25, 0.3) is 0 Å². The van der Waals surface area contributed by atoms with Gasteiger partial charge in [-0.3, -0.25) is 0 Å². The summed E-state index contributed by atoms with van der Waals surface area (Å²) in [5.74, 6) is 0. The minimum absolute atomic E-state index is 1.26. The van der Waals surface area contributed by atoms with Crippen molar-refractivity contribution in [3.8, 4) is 22.3 Å². The Morgan fingerprint density at radius 2 is 0.833 bits per heavy atom. The third-order valence-corrected chi connectivity index (χ3v) is 9.69. The summed E-state index contributed by atoms with van der Waals surface area (Å²) < 4.78 is 4.70. The van der Waals surface area contributed by atoms with Crippen LogP contribution in [0.4, 0.5) is 0 Å². The van der Waals surface area contributed by atoms with E-state index in [-0.39, 0.29) is 0 Å². The van der Waals surface area contributed by atoms with Gasteiger partial charge in [0.05, 0.1) is 10.1 Å². The standard InChI is InChI=1S/C32H28N2S2/c1-21-13-5-7-15-23(21)29-25-17-9-11-19-27(25)33(3)31(29)35-36-32-30(24-16-8-6-14-22(24)2)26-18-10-12-20-28(26)34(32)4/h5-20H,1-4H3. The lowest BCUT2D eigenvalue weighted by Crippen LogP contribution is -1.92. The fourth-order valence-corrected chi connectivity index (χ4v) is 8.07. The molecule has 178 valence electrons. The van der Waals surface area contributed by atoms with Gasteiger partial charge in [0.15, 0.2) is 0 Å². The van der Waals surface area contributed by atoms with Crippen LogP contribution in [0.1, 0.15) is 11.1 Å². The van der Waals surface area contributed by atoms with Gasteiger partial charge in [-0.1, -0.05) is 84.9 Å². The fourth-order valence-electron chi connectivity index (χ4n) is 5.24. The van der Waals surface area contributed by atoms with Gasteiger partial charge in [-0.2, -0.15) is 0 Å². The van der Waals surface area contributed by atoms with Crippen LogP contribution in [0.5, 0.6) is 0 Å². The van der Waals surface area contributed by atoms with Crippen molar-refractivity contribution in [2.75, 3.05) is 0 Å². The molecule has 0 spiro atoms. The number of fused-ring (bicyclic) bond motifs is 2. The van der Waals surface area contributed by atoms with Crippen LogP contribution in [0.3, 0.4) is 0 Å². The molecule has 2 aromatic heterocycles. The van der Waals surface area contributed by atoms with Crippen LogP contribution in [0, 0.1) is 13.8 Å². The van der Waals surface area contributed by atoms with Crippen molar-refractivity contribution in [1.29, 1.82) is 0 Å². The molecule has 4 heteroatoms. The number of hydrogen-bond acceptors (Lipinski definition) is 2. The van der Waals surface area contributed by atoms with Crippen molar-refractivity contribution in [3.63, 3.8) is 0 Å². The normalized spacial score (nSPS) is 11.6. The van der Waals surface area contributed by atoms with Gasteiger partial charge in [0.2, 0.25) is 0 Å². The van der Waals surface area contributed by atoms with E-state index < -0.39 is 0 Å². The van der Waals surface area contributed by atoms with Gasteiger partial charge < -0.3 is 9.13 Å². The summed E-state index contributed by atoms with van der Waals surface area (Å²) in [5.41, 5.74) is 10.4. The number of aromatic nitrogens is 2. The second-order valence-corrected chi connectivity index (χ2v) is 11.4. The van der Waals surface area contributed by atoms with Crippen LogP contribution in [0.15, 0.2) is 107 Å². The maximum absolute atomic E-state index is 2.35. The van der Waals surface area contributed by atoms with Crippen molar-refractivity contribution < 1.29 is 0 Å². The Labute approximate surface area is 220 Å². The molecule has 0 saturated heterocycles. The average Bonchev–Trinajstić information content (AvgIpc) is 3.34. The summed E-state index contributed by atoms with van der Waals surface area (Å²) in [6.45, 7) is 4.41. The lowest BCUT2D eigenvalue weighted by Gasteiger charge is -2.12. The van der Waals surface area contributed by atoms with Crippen LogP contribution in [-0.4, -0.2) is 9.13 Å². The van der Waals surface area contributed by atoms with E-state index in [1.165, 1.54) is 65.2 Å². The molecule has 0 aliphatic carbocycles. The molecular weight excluding hydrogens is 477 g/mol. The number of benzene rings is 4. The first-order chi connectivity index (χ1) is 17.6. The van der Waals surface area contributed by atoms with Gasteiger partial charge in [-0.05, 0) is 69.8 Å². The number of nitrogens with zero attached hydrogens (tertiary/aromatic N) is 2. The molecule has 6 rings (SSSR count). The SMILES string of the molecule is Cc1ccccc1-c1c(SSc2c(-c3ccccc3C)c3ccccc3n2C)n(C)c2ccccc12. The molecule has 0 radical (unpaired) electrons. The van der Waals surface area contributed by atoms with Crippen molar-refractivity contribution in [3.05, 3.63) is 108 Å². The number of aryl methyl sites for hydroxylation is 4. The summed E-state index contributed by atoms with van der Waals surface area (Å²) in [6, 6.07) is 34.9. The molecule has 0 aliphatic heterocycles. The van der Waals surface area contributed by atoms with Gasteiger partial charge >= 0.3 is 0 Å². The van der Waals surface area contributed by atoms with Crippen molar-refractivity contribution in [2.24, 2.45) is 14.1 Å². The molecule has 0 unspecified atom stereocenters. The predicted octanol–water partition coefficient (Wildman–Crippen LogP) is 9.42.